The summed E-state index contributed by atoms with van der Waals surface area (Å²) in [5.74, 6) is 0.696. The van der Waals surface area contributed by atoms with Crippen LogP contribution in [0.2, 0.25) is 0 Å². The summed E-state index contributed by atoms with van der Waals surface area (Å²) in [5.41, 5.74) is 8.29. The highest BCUT2D eigenvalue weighted by atomic mass is 32.1. The van der Waals surface area contributed by atoms with Gasteiger partial charge in [0.2, 0.25) is 5.88 Å². The van der Waals surface area contributed by atoms with Crippen LogP contribution in [0.25, 0.3) is 0 Å². The summed E-state index contributed by atoms with van der Waals surface area (Å²) in [6.07, 6.45) is 5.38. The molecular formula is C21H32N4OS. The van der Waals surface area contributed by atoms with Crippen molar-refractivity contribution >= 4 is 17.0 Å². The first-order chi connectivity index (χ1) is 13.2. The third kappa shape index (κ3) is 5.43. The molecule has 0 radical (unpaired) electrons. The molecule has 0 amide bonds. The van der Waals surface area contributed by atoms with Crippen molar-refractivity contribution in [2.75, 3.05) is 31.1 Å². The maximum absolute atomic E-state index is 5.75. The summed E-state index contributed by atoms with van der Waals surface area (Å²) in [4.78, 5) is 9.60. The Kier molecular flexibility index (Phi) is 7.50. The molecule has 148 valence electrons. The van der Waals surface area contributed by atoms with Gasteiger partial charge in [0.1, 0.15) is 0 Å². The minimum Gasteiger partial charge on any atom is -0.478 e. The predicted octanol–water partition coefficient (Wildman–Crippen LogP) is 3.75. The van der Waals surface area contributed by atoms with Crippen molar-refractivity contribution in [2.24, 2.45) is 5.73 Å². The van der Waals surface area contributed by atoms with E-state index in [0.29, 0.717) is 24.6 Å². The summed E-state index contributed by atoms with van der Waals surface area (Å²) >= 11 is 1.76. The van der Waals surface area contributed by atoms with E-state index in [1.165, 1.54) is 24.1 Å². The zero-order valence-electron chi connectivity index (χ0n) is 16.5. The van der Waals surface area contributed by atoms with Crippen LogP contribution < -0.4 is 15.4 Å². The molecule has 1 fully saturated rings. The average Bonchev–Trinajstić information content (AvgIpc) is 3.21. The summed E-state index contributed by atoms with van der Waals surface area (Å²) in [6.45, 7) is 8.90. The smallest absolute Gasteiger partial charge is 0.213 e. The van der Waals surface area contributed by atoms with Crippen molar-refractivity contribution in [3.05, 3.63) is 40.7 Å². The lowest BCUT2D eigenvalue weighted by atomic mass is 10.00. The Morgan fingerprint density at radius 2 is 2.15 bits per heavy atom. The molecule has 5 nitrogen and oxygen atoms in total. The Bertz CT molecular complexity index is 653. The van der Waals surface area contributed by atoms with Crippen molar-refractivity contribution in [3.8, 4) is 5.88 Å². The number of ether oxygens (including phenoxy) is 1. The fourth-order valence-electron chi connectivity index (χ4n) is 3.85. The number of likely N-dealkylation sites (tertiary alicyclic amines) is 1. The van der Waals surface area contributed by atoms with Crippen LogP contribution >= 0.6 is 11.3 Å². The van der Waals surface area contributed by atoms with E-state index in [1.54, 1.807) is 11.3 Å². The topological polar surface area (TPSA) is 54.6 Å². The molecule has 0 spiro atoms. The first-order valence-electron chi connectivity index (χ1n) is 10.0. The van der Waals surface area contributed by atoms with Gasteiger partial charge in [0.15, 0.2) is 0 Å². The zero-order valence-corrected chi connectivity index (χ0v) is 17.3. The minimum atomic E-state index is 0.533. The summed E-state index contributed by atoms with van der Waals surface area (Å²) in [7, 11) is 0. The van der Waals surface area contributed by atoms with E-state index < -0.39 is 0 Å². The number of nitrogens with zero attached hydrogens (tertiary/aromatic N) is 3. The molecule has 1 aliphatic rings. The summed E-state index contributed by atoms with van der Waals surface area (Å²) in [6, 6.07) is 7.46. The van der Waals surface area contributed by atoms with Crippen molar-refractivity contribution < 1.29 is 4.74 Å². The molecule has 0 aliphatic carbocycles. The molecule has 2 N–H and O–H groups in total. The quantitative estimate of drug-likeness (QED) is 0.709. The second-order valence-corrected chi connectivity index (χ2v) is 8.02. The van der Waals surface area contributed by atoms with Crippen LogP contribution in [0.1, 0.15) is 38.7 Å². The van der Waals surface area contributed by atoms with E-state index in [-0.39, 0.29) is 0 Å². The first kappa shape index (κ1) is 20.1. The van der Waals surface area contributed by atoms with Crippen molar-refractivity contribution in [1.29, 1.82) is 0 Å². The molecular weight excluding hydrogens is 356 g/mol. The van der Waals surface area contributed by atoms with Gasteiger partial charge in [-0.05, 0) is 68.1 Å². The standard InChI is InChI=1S/C21H32N4OS/c1-3-26-21-5-4-20(14-23-21)25(15-18-9-13-27-16-18)19-7-11-24(12-8-19)17(2)6-10-22/h4-5,9,13-14,16-17,19H,3,6-8,10-12,15,22H2,1-2H3/t17-/m1/s1. The van der Waals surface area contributed by atoms with Gasteiger partial charge in [0.25, 0.3) is 0 Å². The Labute approximate surface area is 167 Å². The molecule has 0 aromatic carbocycles. The number of pyridine rings is 1. The molecule has 6 heteroatoms. The third-order valence-electron chi connectivity index (χ3n) is 5.43. The van der Waals surface area contributed by atoms with E-state index in [1.807, 2.05) is 19.2 Å². The number of hydrogen-bond acceptors (Lipinski definition) is 6. The van der Waals surface area contributed by atoms with E-state index in [2.05, 4.69) is 44.6 Å². The highest BCUT2D eigenvalue weighted by Crippen LogP contribution is 2.28. The Balaban J connectivity index is 1.71. The molecule has 0 unspecified atom stereocenters. The van der Waals surface area contributed by atoms with Crippen LogP contribution in [-0.4, -0.2) is 48.2 Å². The second kappa shape index (κ2) is 10.1. The summed E-state index contributed by atoms with van der Waals surface area (Å²) in [5, 5.41) is 4.40. The Morgan fingerprint density at radius 3 is 2.74 bits per heavy atom. The van der Waals surface area contributed by atoms with Gasteiger partial charge in [-0.2, -0.15) is 11.3 Å². The van der Waals surface area contributed by atoms with Gasteiger partial charge in [0.05, 0.1) is 18.5 Å². The van der Waals surface area contributed by atoms with Crippen LogP contribution in [0.3, 0.4) is 0 Å². The third-order valence-corrected chi connectivity index (χ3v) is 6.16. The van der Waals surface area contributed by atoms with Gasteiger partial charge >= 0.3 is 0 Å². The number of hydrogen-bond donors (Lipinski definition) is 1. The van der Waals surface area contributed by atoms with Crippen molar-refractivity contribution in [2.45, 2.75) is 51.7 Å². The van der Waals surface area contributed by atoms with E-state index in [9.17, 15) is 0 Å². The number of thiophene rings is 1. The lowest BCUT2D eigenvalue weighted by Gasteiger charge is -2.41. The normalized spacial score (nSPS) is 17.0. The number of aromatic nitrogens is 1. The fraction of sp³-hybridized carbons (Fsp3) is 0.571. The average molecular weight is 389 g/mol. The van der Waals surface area contributed by atoms with Gasteiger partial charge in [-0.3, -0.25) is 0 Å². The largest absolute Gasteiger partial charge is 0.478 e. The molecule has 27 heavy (non-hydrogen) atoms. The molecule has 3 rings (SSSR count). The Hall–Kier alpha value is -1.63. The van der Waals surface area contributed by atoms with Gasteiger partial charge < -0.3 is 20.3 Å². The molecule has 3 heterocycles. The van der Waals surface area contributed by atoms with Gasteiger partial charge in [-0.25, -0.2) is 4.98 Å². The maximum Gasteiger partial charge on any atom is 0.213 e. The number of nitrogens with two attached hydrogens (primary N) is 1. The monoisotopic (exact) mass is 388 g/mol. The van der Waals surface area contributed by atoms with Gasteiger partial charge in [-0.1, -0.05) is 0 Å². The highest BCUT2D eigenvalue weighted by Gasteiger charge is 2.27. The van der Waals surface area contributed by atoms with Gasteiger partial charge in [0, 0.05) is 37.8 Å². The van der Waals surface area contributed by atoms with Crippen LogP contribution in [0.4, 0.5) is 5.69 Å². The van der Waals surface area contributed by atoms with Crippen molar-refractivity contribution in [3.63, 3.8) is 0 Å². The molecule has 1 atom stereocenters. The van der Waals surface area contributed by atoms with Crippen LogP contribution in [0, 0.1) is 0 Å². The minimum absolute atomic E-state index is 0.533. The summed E-state index contributed by atoms with van der Waals surface area (Å²) < 4.78 is 5.51. The number of rotatable bonds is 9. The first-order valence-corrected chi connectivity index (χ1v) is 11.0. The molecule has 2 aromatic rings. The maximum atomic E-state index is 5.75. The SMILES string of the molecule is CCOc1ccc(N(Cc2ccsc2)C2CCN([C@H](C)CCN)CC2)cn1. The molecule has 0 bridgehead atoms. The van der Waals surface area contributed by atoms with Crippen molar-refractivity contribution in [1.82, 2.24) is 9.88 Å². The molecule has 1 aliphatic heterocycles. The van der Waals surface area contributed by atoms with E-state index in [4.69, 9.17) is 10.5 Å². The molecule has 1 saturated heterocycles. The van der Waals surface area contributed by atoms with Crippen LogP contribution in [0.15, 0.2) is 35.2 Å². The lowest BCUT2D eigenvalue weighted by Crippen LogP contribution is -2.47. The number of anilines is 1. The zero-order chi connectivity index (χ0) is 19.1. The van der Waals surface area contributed by atoms with Crippen LogP contribution in [0.5, 0.6) is 5.88 Å². The molecule has 2 aromatic heterocycles. The second-order valence-electron chi connectivity index (χ2n) is 7.24. The highest BCUT2D eigenvalue weighted by molar-refractivity contribution is 7.07. The van der Waals surface area contributed by atoms with Gasteiger partial charge in [-0.15, -0.1) is 0 Å². The lowest BCUT2D eigenvalue weighted by molar-refractivity contribution is 0.154. The predicted molar refractivity (Wildman–Crippen MR) is 114 cm³/mol. The fourth-order valence-corrected chi connectivity index (χ4v) is 4.51. The van der Waals surface area contributed by atoms with Crippen LogP contribution in [-0.2, 0) is 6.54 Å². The van der Waals surface area contributed by atoms with E-state index >= 15 is 0 Å². The molecule has 0 saturated carbocycles. The number of piperidine rings is 1. The van der Waals surface area contributed by atoms with E-state index in [0.717, 1.165) is 32.6 Å². The Morgan fingerprint density at radius 1 is 1.33 bits per heavy atom.